The van der Waals surface area contributed by atoms with Gasteiger partial charge in [-0.1, -0.05) is 158 Å². The van der Waals surface area contributed by atoms with Crippen molar-refractivity contribution in [1.29, 1.82) is 0 Å². The predicted molar refractivity (Wildman–Crippen MR) is 206 cm³/mol. The van der Waals surface area contributed by atoms with Crippen molar-refractivity contribution in [3.05, 3.63) is 199 Å². The Bertz CT molecular complexity index is 2580. The van der Waals surface area contributed by atoms with Crippen LogP contribution in [0.1, 0.15) is 22.6 Å². The van der Waals surface area contributed by atoms with Crippen LogP contribution in [0.3, 0.4) is 0 Å². The molecule has 0 saturated heterocycles. The van der Waals surface area contributed by atoms with Gasteiger partial charge in [-0.25, -0.2) is 0 Å². The highest BCUT2D eigenvalue weighted by Gasteiger charge is 2.42. The fourth-order valence-corrected chi connectivity index (χ4v) is 7.89. The minimum Gasteiger partial charge on any atom is -0.480 e. The lowest BCUT2D eigenvalue weighted by atomic mass is 9.78. The summed E-state index contributed by atoms with van der Waals surface area (Å²) in [7, 11) is 0. The molecule has 1 aliphatic heterocycles. The lowest BCUT2D eigenvalue weighted by Gasteiger charge is -2.26. The summed E-state index contributed by atoms with van der Waals surface area (Å²) in [4.78, 5) is 0. The van der Waals surface area contributed by atoms with Crippen LogP contribution in [0.15, 0.2) is 186 Å². The molecular weight excluding hydrogens is 609 g/mol. The molecule has 0 fully saturated rings. The van der Waals surface area contributed by atoms with Crippen LogP contribution in [0, 0.1) is 0 Å². The molecule has 2 nitrogen and oxygen atoms in total. The number of rotatable bonds is 5. The van der Waals surface area contributed by atoms with Crippen molar-refractivity contribution in [2.24, 2.45) is 0 Å². The summed E-state index contributed by atoms with van der Waals surface area (Å²) < 4.78 is 14.3. The molecular formula is C48H32O2. The first kappa shape index (κ1) is 28.6. The fourth-order valence-electron chi connectivity index (χ4n) is 7.89. The van der Waals surface area contributed by atoms with Gasteiger partial charge in [0.05, 0.1) is 0 Å². The smallest absolute Gasteiger partial charge is 0.177 e. The van der Waals surface area contributed by atoms with Gasteiger partial charge in [0.2, 0.25) is 0 Å². The summed E-state index contributed by atoms with van der Waals surface area (Å²) in [6.45, 7) is 0. The van der Waals surface area contributed by atoms with Crippen molar-refractivity contribution in [3.63, 3.8) is 0 Å². The molecule has 2 unspecified atom stereocenters. The van der Waals surface area contributed by atoms with Gasteiger partial charge >= 0.3 is 0 Å². The summed E-state index contributed by atoms with van der Waals surface area (Å²) in [5.41, 5.74) is 14.4. The summed E-state index contributed by atoms with van der Waals surface area (Å²) in [6.07, 6.45) is 4.52. The van der Waals surface area contributed by atoms with E-state index in [-0.39, 0.29) is 12.0 Å². The Kier molecular flexibility index (Phi) is 6.67. The molecule has 8 aromatic rings. The molecule has 7 aromatic carbocycles. The van der Waals surface area contributed by atoms with Crippen LogP contribution in [0.4, 0.5) is 0 Å². The molecule has 0 saturated carbocycles. The molecule has 0 radical (unpaired) electrons. The van der Waals surface area contributed by atoms with E-state index in [1.807, 2.05) is 0 Å². The Morgan fingerprint density at radius 2 is 0.940 bits per heavy atom. The maximum Gasteiger partial charge on any atom is 0.177 e. The monoisotopic (exact) mass is 640 g/mol. The molecule has 0 spiro atoms. The Hall–Kier alpha value is -6.38. The highest BCUT2D eigenvalue weighted by molar-refractivity contribution is 6.15. The molecule has 50 heavy (non-hydrogen) atoms. The van der Waals surface area contributed by atoms with E-state index in [1.54, 1.807) is 0 Å². The summed E-state index contributed by atoms with van der Waals surface area (Å²) in [5, 5.41) is 2.14. The third-order valence-corrected chi connectivity index (χ3v) is 10.2. The Morgan fingerprint density at radius 1 is 0.420 bits per heavy atom. The maximum absolute atomic E-state index is 7.22. The second-order valence-corrected chi connectivity index (χ2v) is 13.2. The van der Waals surface area contributed by atoms with E-state index < -0.39 is 0 Å². The van der Waals surface area contributed by atoms with Gasteiger partial charge in [-0.05, 0) is 68.8 Å². The molecule has 10 rings (SSSR count). The SMILES string of the molecule is C1=C(c2ccccc2)C=C(c2ccccc2)C2Oc3c(c(-c4ccccc4)cc4c3oc3c(-c5ccccc5)cc(-c5ccccc5)cc34)C12. The molecule has 2 heteroatoms. The van der Waals surface area contributed by atoms with Crippen LogP contribution < -0.4 is 4.74 Å². The number of ether oxygens (including phenoxy) is 1. The van der Waals surface area contributed by atoms with Crippen molar-refractivity contribution < 1.29 is 9.15 Å². The minimum atomic E-state index is -0.199. The van der Waals surface area contributed by atoms with Crippen LogP contribution >= 0.6 is 0 Å². The fraction of sp³-hybridized carbons (Fsp3) is 0.0417. The third-order valence-electron chi connectivity index (χ3n) is 10.2. The van der Waals surface area contributed by atoms with Crippen LogP contribution in [-0.2, 0) is 0 Å². The number of allylic oxidation sites excluding steroid dienone is 2. The number of benzene rings is 7. The summed E-state index contributed by atoms with van der Waals surface area (Å²) in [6, 6.07) is 60.1. The number of furan rings is 1. The highest BCUT2D eigenvalue weighted by Crippen LogP contribution is 2.56. The van der Waals surface area contributed by atoms with E-state index in [0.717, 1.165) is 55.5 Å². The molecule has 0 amide bonds. The van der Waals surface area contributed by atoms with Gasteiger partial charge in [0.1, 0.15) is 11.7 Å². The molecule has 2 aliphatic rings. The zero-order valence-electron chi connectivity index (χ0n) is 27.3. The van der Waals surface area contributed by atoms with E-state index >= 15 is 0 Å². The van der Waals surface area contributed by atoms with Gasteiger partial charge < -0.3 is 9.15 Å². The highest BCUT2D eigenvalue weighted by atomic mass is 16.5. The number of hydrogen-bond acceptors (Lipinski definition) is 2. The molecule has 0 N–H and O–H groups in total. The first-order valence-electron chi connectivity index (χ1n) is 17.2. The number of hydrogen-bond donors (Lipinski definition) is 0. The van der Waals surface area contributed by atoms with Gasteiger partial charge in [0, 0.05) is 33.4 Å². The lowest BCUT2D eigenvalue weighted by molar-refractivity contribution is 0.278. The Labute approximate surface area is 291 Å². The zero-order valence-corrected chi connectivity index (χ0v) is 27.3. The quantitative estimate of drug-likeness (QED) is 0.187. The molecule has 1 aliphatic carbocycles. The largest absolute Gasteiger partial charge is 0.480 e. The molecule has 236 valence electrons. The molecule has 1 aromatic heterocycles. The van der Waals surface area contributed by atoms with Crippen molar-refractivity contribution in [2.45, 2.75) is 12.0 Å². The second kappa shape index (κ2) is 11.6. The average molecular weight is 641 g/mol. The van der Waals surface area contributed by atoms with Crippen LogP contribution in [0.2, 0.25) is 0 Å². The van der Waals surface area contributed by atoms with Crippen molar-refractivity contribution >= 4 is 33.1 Å². The van der Waals surface area contributed by atoms with E-state index in [1.165, 1.54) is 33.4 Å². The molecule has 2 heterocycles. The average Bonchev–Trinajstić information content (AvgIpc) is 3.77. The zero-order chi connectivity index (χ0) is 33.0. The van der Waals surface area contributed by atoms with Crippen LogP contribution in [0.5, 0.6) is 5.75 Å². The summed E-state index contributed by atoms with van der Waals surface area (Å²) >= 11 is 0. The van der Waals surface area contributed by atoms with Crippen molar-refractivity contribution in [2.75, 3.05) is 0 Å². The van der Waals surface area contributed by atoms with Crippen molar-refractivity contribution in [3.8, 4) is 39.1 Å². The second-order valence-electron chi connectivity index (χ2n) is 13.2. The van der Waals surface area contributed by atoms with Crippen LogP contribution in [0.25, 0.3) is 66.5 Å². The Morgan fingerprint density at radius 3 is 1.56 bits per heavy atom. The topological polar surface area (TPSA) is 22.4 Å². The standard InChI is InChI=1S/C48H32O2/c1-6-16-31(17-7-1)36-26-39(34-22-12-4-13-23-34)45-41(28-36)42-30-38(33-20-10-3-11-21-33)44-43-29-37(32-18-8-2-9-19-32)27-40(35-24-14-5-15-25-35)46(43)50-48(44)47(42)49-45/h1-30,43,46H. The van der Waals surface area contributed by atoms with Gasteiger partial charge in [0.15, 0.2) is 11.3 Å². The Balaban J connectivity index is 1.28. The van der Waals surface area contributed by atoms with E-state index in [9.17, 15) is 0 Å². The van der Waals surface area contributed by atoms with Gasteiger partial charge in [0.25, 0.3) is 0 Å². The normalized spacial score (nSPS) is 16.4. The number of fused-ring (bicyclic) bond motifs is 7. The van der Waals surface area contributed by atoms with Gasteiger partial charge in [-0.15, -0.1) is 0 Å². The molecule has 0 bridgehead atoms. The van der Waals surface area contributed by atoms with Crippen LogP contribution in [-0.4, -0.2) is 6.10 Å². The lowest BCUT2D eigenvalue weighted by Crippen LogP contribution is -2.22. The van der Waals surface area contributed by atoms with E-state index in [0.29, 0.717) is 0 Å². The third kappa shape index (κ3) is 4.64. The maximum atomic E-state index is 7.22. The van der Waals surface area contributed by atoms with Crippen molar-refractivity contribution in [1.82, 2.24) is 0 Å². The van der Waals surface area contributed by atoms with E-state index in [2.05, 4.69) is 182 Å². The molecule has 2 atom stereocenters. The summed E-state index contributed by atoms with van der Waals surface area (Å²) in [5.74, 6) is 0.821. The first-order chi connectivity index (χ1) is 24.8. The minimum absolute atomic E-state index is 0.0123. The van der Waals surface area contributed by atoms with E-state index in [4.69, 9.17) is 9.15 Å². The van der Waals surface area contributed by atoms with Gasteiger partial charge in [-0.3, -0.25) is 0 Å². The first-order valence-corrected chi connectivity index (χ1v) is 17.2. The predicted octanol–water partition coefficient (Wildman–Crippen LogP) is 12.6. The van der Waals surface area contributed by atoms with Gasteiger partial charge in [-0.2, -0.15) is 0 Å².